The van der Waals surface area contributed by atoms with Crippen LogP contribution >= 0.6 is 0 Å². The lowest BCUT2D eigenvalue weighted by atomic mass is 10.2. The molecule has 0 aliphatic carbocycles. The molecule has 0 bridgehead atoms. The van der Waals surface area contributed by atoms with Crippen molar-refractivity contribution in [2.24, 2.45) is 0 Å². The molecule has 0 unspecified atom stereocenters. The summed E-state index contributed by atoms with van der Waals surface area (Å²) in [6.07, 6.45) is 7.80. The largest absolute Gasteiger partial charge is 0.469 e. The number of allylic oxidation sites excluding steroid dienone is 2. The van der Waals surface area contributed by atoms with Gasteiger partial charge in [0.2, 0.25) is 0 Å². The zero-order chi connectivity index (χ0) is 10.9. The van der Waals surface area contributed by atoms with Gasteiger partial charge in [0.15, 0.2) is 0 Å². The van der Waals surface area contributed by atoms with Crippen LogP contribution in [0.15, 0.2) is 48.6 Å². The fraction of sp³-hybridized carbons (Fsp3) is 0.154. The standard InChI is InChI=1S/C13H14O2/c1-15-13(14)11-7-3-6-10-12-8-4-2-5-9-12/h2-10H,11H2,1H3/b7-3+,10-6+. The Bertz CT molecular complexity index is 350. The van der Waals surface area contributed by atoms with Crippen molar-refractivity contribution in [2.75, 3.05) is 7.11 Å². The van der Waals surface area contributed by atoms with Gasteiger partial charge in [-0.05, 0) is 5.56 Å². The van der Waals surface area contributed by atoms with E-state index in [1.807, 2.05) is 48.6 Å². The third-order valence-corrected chi connectivity index (χ3v) is 1.85. The fourth-order valence-corrected chi connectivity index (χ4v) is 1.06. The van der Waals surface area contributed by atoms with Gasteiger partial charge in [-0.25, -0.2) is 0 Å². The van der Waals surface area contributed by atoms with Crippen LogP contribution in [0.25, 0.3) is 6.08 Å². The Kier molecular flexibility index (Phi) is 4.95. The van der Waals surface area contributed by atoms with Crippen LogP contribution in [0.1, 0.15) is 12.0 Å². The van der Waals surface area contributed by atoms with Gasteiger partial charge in [0.1, 0.15) is 0 Å². The first-order valence-corrected chi connectivity index (χ1v) is 4.78. The van der Waals surface area contributed by atoms with Crippen LogP contribution in [-0.4, -0.2) is 13.1 Å². The van der Waals surface area contributed by atoms with E-state index in [0.29, 0.717) is 6.42 Å². The maximum atomic E-state index is 10.7. The monoisotopic (exact) mass is 202 g/mol. The van der Waals surface area contributed by atoms with Crippen molar-refractivity contribution in [3.8, 4) is 0 Å². The smallest absolute Gasteiger partial charge is 0.309 e. The third-order valence-electron chi connectivity index (χ3n) is 1.85. The topological polar surface area (TPSA) is 26.3 Å². The number of hydrogen-bond acceptors (Lipinski definition) is 2. The minimum atomic E-state index is -0.223. The van der Waals surface area contributed by atoms with Gasteiger partial charge in [0, 0.05) is 0 Å². The molecular weight excluding hydrogens is 188 g/mol. The Morgan fingerprint density at radius 3 is 2.67 bits per heavy atom. The van der Waals surface area contributed by atoms with Crippen molar-refractivity contribution < 1.29 is 9.53 Å². The van der Waals surface area contributed by atoms with Crippen LogP contribution in [0, 0.1) is 0 Å². The van der Waals surface area contributed by atoms with E-state index in [-0.39, 0.29) is 5.97 Å². The number of hydrogen-bond donors (Lipinski definition) is 0. The molecule has 2 nitrogen and oxygen atoms in total. The molecule has 0 saturated heterocycles. The maximum Gasteiger partial charge on any atom is 0.309 e. The van der Waals surface area contributed by atoms with E-state index in [9.17, 15) is 4.79 Å². The summed E-state index contributed by atoms with van der Waals surface area (Å²) in [5.41, 5.74) is 1.14. The minimum Gasteiger partial charge on any atom is -0.469 e. The molecule has 0 atom stereocenters. The van der Waals surface area contributed by atoms with Crippen LogP contribution in [-0.2, 0) is 9.53 Å². The predicted octanol–water partition coefficient (Wildman–Crippen LogP) is 2.82. The Morgan fingerprint density at radius 2 is 2.00 bits per heavy atom. The molecule has 0 spiro atoms. The first kappa shape index (κ1) is 11.2. The van der Waals surface area contributed by atoms with Crippen molar-refractivity contribution in [3.05, 3.63) is 54.1 Å². The van der Waals surface area contributed by atoms with Gasteiger partial charge in [-0.1, -0.05) is 54.6 Å². The Labute approximate surface area is 89.9 Å². The van der Waals surface area contributed by atoms with Gasteiger partial charge in [-0.2, -0.15) is 0 Å². The average molecular weight is 202 g/mol. The number of esters is 1. The lowest BCUT2D eigenvalue weighted by molar-refractivity contribution is -0.139. The molecule has 0 aliphatic rings. The van der Waals surface area contributed by atoms with Gasteiger partial charge in [0.25, 0.3) is 0 Å². The molecule has 0 amide bonds. The van der Waals surface area contributed by atoms with Crippen LogP contribution in [0.3, 0.4) is 0 Å². The Morgan fingerprint density at radius 1 is 1.27 bits per heavy atom. The number of methoxy groups -OCH3 is 1. The lowest BCUT2D eigenvalue weighted by Gasteiger charge is -1.91. The average Bonchev–Trinajstić information content (AvgIpc) is 2.29. The van der Waals surface area contributed by atoms with Crippen molar-refractivity contribution in [2.45, 2.75) is 6.42 Å². The molecule has 1 aromatic carbocycles. The second-order valence-corrected chi connectivity index (χ2v) is 2.98. The van der Waals surface area contributed by atoms with Crippen LogP contribution in [0.5, 0.6) is 0 Å². The zero-order valence-corrected chi connectivity index (χ0v) is 8.72. The first-order valence-electron chi connectivity index (χ1n) is 4.78. The summed E-state index contributed by atoms with van der Waals surface area (Å²) in [7, 11) is 1.38. The summed E-state index contributed by atoms with van der Waals surface area (Å²) in [6.45, 7) is 0. The summed E-state index contributed by atoms with van der Waals surface area (Å²) in [4.78, 5) is 10.7. The number of carbonyl (C=O) groups excluding carboxylic acids is 1. The molecule has 0 fully saturated rings. The first-order chi connectivity index (χ1) is 7.33. The second kappa shape index (κ2) is 6.60. The van der Waals surface area contributed by atoms with E-state index in [4.69, 9.17) is 0 Å². The number of ether oxygens (including phenoxy) is 1. The van der Waals surface area contributed by atoms with Crippen molar-refractivity contribution in [1.29, 1.82) is 0 Å². The van der Waals surface area contributed by atoms with E-state index >= 15 is 0 Å². The van der Waals surface area contributed by atoms with E-state index < -0.39 is 0 Å². The summed E-state index contributed by atoms with van der Waals surface area (Å²) in [5, 5.41) is 0. The molecule has 1 rings (SSSR count). The van der Waals surface area contributed by atoms with Gasteiger partial charge in [-0.3, -0.25) is 4.79 Å². The molecule has 2 heteroatoms. The maximum absolute atomic E-state index is 10.7. The molecule has 0 aromatic heterocycles. The predicted molar refractivity (Wildman–Crippen MR) is 61.2 cm³/mol. The van der Waals surface area contributed by atoms with E-state index in [1.54, 1.807) is 6.08 Å². The van der Waals surface area contributed by atoms with Crippen LogP contribution in [0.2, 0.25) is 0 Å². The van der Waals surface area contributed by atoms with E-state index in [0.717, 1.165) is 5.56 Å². The number of benzene rings is 1. The third kappa shape index (κ3) is 4.81. The molecular formula is C13H14O2. The lowest BCUT2D eigenvalue weighted by Crippen LogP contribution is -1.96. The summed E-state index contributed by atoms with van der Waals surface area (Å²) >= 11 is 0. The summed E-state index contributed by atoms with van der Waals surface area (Å²) in [5.74, 6) is -0.223. The van der Waals surface area contributed by atoms with Crippen LogP contribution < -0.4 is 0 Å². The van der Waals surface area contributed by atoms with Gasteiger partial charge < -0.3 is 4.74 Å². The van der Waals surface area contributed by atoms with Crippen molar-refractivity contribution >= 4 is 12.0 Å². The van der Waals surface area contributed by atoms with E-state index in [1.165, 1.54) is 7.11 Å². The highest BCUT2D eigenvalue weighted by atomic mass is 16.5. The van der Waals surface area contributed by atoms with Gasteiger partial charge >= 0.3 is 5.97 Å². The molecule has 78 valence electrons. The molecule has 0 saturated carbocycles. The van der Waals surface area contributed by atoms with E-state index in [2.05, 4.69) is 4.74 Å². The Hall–Kier alpha value is -1.83. The number of rotatable bonds is 4. The minimum absolute atomic E-state index is 0.223. The molecule has 1 aromatic rings. The normalized spacial score (nSPS) is 11.0. The Balaban J connectivity index is 2.37. The molecule has 0 radical (unpaired) electrons. The highest BCUT2D eigenvalue weighted by Crippen LogP contribution is 2.00. The van der Waals surface area contributed by atoms with Crippen LogP contribution in [0.4, 0.5) is 0 Å². The molecule has 0 N–H and O–H groups in total. The quantitative estimate of drug-likeness (QED) is 0.554. The van der Waals surface area contributed by atoms with Gasteiger partial charge in [0.05, 0.1) is 13.5 Å². The van der Waals surface area contributed by atoms with Crippen molar-refractivity contribution in [1.82, 2.24) is 0 Å². The molecule has 0 aliphatic heterocycles. The molecule has 15 heavy (non-hydrogen) atoms. The SMILES string of the molecule is COC(=O)C/C=C/C=C/c1ccccc1. The highest BCUT2D eigenvalue weighted by molar-refractivity contribution is 5.71. The summed E-state index contributed by atoms with van der Waals surface area (Å²) in [6, 6.07) is 9.98. The molecule has 0 heterocycles. The van der Waals surface area contributed by atoms with Gasteiger partial charge in [-0.15, -0.1) is 0 Å². The summed E-state index contributed by atoms with van der Waals surface area (Å²) < 4.78 is 4.50. The highest BCUT2D eigenvalue weighted by Gasteiger charge is 1.91. The second-order valence-electron chi connectivity index (χ2n) is 2.98. The zero-order valence-electron chi connectivity index (χ0n) is 8.72. The fourth-order valence-electron chi connectivity index (χ4n) is 1.06. The van der Waals surface area contributed by atoms with Crippen molar-refractivity contribution in [3.63, 3.8) is 0 Å². The number of carbonyl (C=O) groups is 1.